The van der Waals surface area contributed by atoms with E-state index in [-0.39, 0.29) is 6.10 Å². The molecule has 1 aromatic carbocycles. The molecule has 2 atom stereocenters. The fourth-order valence-corrected chi connectivity index (χ4v) is 3.31. The van der Waals surface area contributed by atoms with Gasteiger partial charge in [0, 0.05) is 17.5 Å². The Kier molecular flexibility index (Phi) is 4.89. The Labute approximate surface area is 108 Å². The summed E-state index contributed by atoms with van der Waals surface area (Å²) in [5.74, 6) is 2.27. The molecular formula is C14H21NOS. The molecule has 1 heterocycles. The average Bonchev–Trinajstić information content (AvgIpc) is 2.39. The van der Waals surface area contributed by atoms with Gasteiger partial charge in [0.15, 0.2) is 0 Å². The van der Waals surface area contributed by atoms with Crippen molar-refractivity contribution in [3.05, 3.63) is 35.4 Å². The van der Waals surface area contributed by atoms with Gasteiger partial charge in [-0.15, -0.1) is 0 Å². The smallest absolute Gasteiger partial charge is 0.0549 e. The minimum atomic E-state index is -0.158. The summed E-state index contributed by atoms with van der Waals surface area (Å²) >= 11 is 1.99. The minimum absolute atomic E-state index is 0.158. The molecule has 0 fully saturated rings. The van der Waals surface area contributed by atoms with E-state index in [1.165, 1.54) is 11.1 Å². The van der Waals surface area contributed by atoms with Gasteiger partial charge < -0.3 is 10.4 Å². The summed E-state index contributed by atoms with van der Waals surface area (Å²) in [5.41, 5.74) is 2.90. The summed E-state index contributed by atoms with van der Waals surface area (Å²) in [6.07, 6.45) is 1.53. The van der Waals surface area contributed by atoms with Crippen molar-refractivity contribution >= 4 is 11.8 Å². The van der Waals surface area contributed by atoms with Crippen molar-refractivity contribution in [2.24, 2.45) is 0 Å². The summed E-state index contributed by atoms with van der Waals surface area (Å²) in [5, 5.41) is 13.1. The molecule has 0 saturated heterocycles. The van der Waals surface area contributed by atoms with Crippen LogP contribution in [0.4, 0.5) is 0 Å². The van der Waals surface area contributed by atoms with Gasteiger partial charge in [0.1, 0.15) is 0 Å². The molecule has 0 radical (unpaired) electrons. The highest BCUT2D eigenvalue weighted by atomic mass is 32.2. The molecule has 94 valence electrons. The molecule has 17 heavy (non-hydrogen) atoms. The predicted octanol–water partition coefficient (Wildman–Crippen LogP) is 2.73. The van der Waals surface area contributed by atoms with E-state index < -0.39 is 0 Å². The number of aliphatic hydroxyl groups excluding tert-OH is 1. The topological polar surface area (TPSA) is 32.3 Å². The van der Waals surface area contributed by atoms with Gasteiger partial charge in [-0.2, -0.15) is 11.8 Å². The molecule has 0 spiro atoms. The fourth-order valence-electron chi connectivity index (χ4n) is 2.18. The quantitative estimate of drug-likeness (QED) is 0.844. The monoisotopic (exact) mass is 251 g/mol. The summed E-state index contributed by atoms with van der Waals surface area (Å²) in [6, 6.07) is 9.13. The second-order valence-corrected chi connectivity index (χ2v) is 5.60. The van der Waals surface area contributed by atoms with Gasteiger partial charge in [0.05, 0.1) is 6.10 Å². The molecule has 1 aliphatic heterocycles. The standard InChI is InChI=1S/C14H21NOS/c1-2-12(16)7-8-15-14-10-17-9-11-5-3-4-6-13(11)14/h3-6,12,14-16H,2,7-10H2,1H3. The first-order valence-corrected chi connectivity index (χ1v) is 7.53. The zero-order valence-corrected chi connectivity index (χ0v) is 11.2. The number of aliphatic hydroxyl groups is 1. The van der Waals surface area contributed by atoms with Gasteiger partial charge in [0.2, 0.25) is 0 Å². The lowest BCUT2D eigenvalue weighted by Gasteiger charge is -2.26. The highest BCUT2D eigenvalue weighted by Crippen LogP contribution is 2.31. The first kappa shape index (κ1) is 12.9. The van der Waals surface area contributed by atoms with E-state index in [1.54, 1.807) is 0 Å². The molecule has 1 aromatic rings. The number of fused-ring (bicyclic) bond motifs is 1. The molecule has 2 N–H and O–H groups in total. The lowest BCUT2D eigenvalue weighted by atomic mass is 10.0. The Balaban J connectivity index is 1.90. The van der Waals surface area contributed by atoms with Crippen molar-refractivity contribution in [3.8, 4) is 0 Å². The van der Waals surface area contributed by atoms with E-state index in [0.717, 1.165) is 30.9 Å². The highest BCUT2D eigenvalue weighted by molar-refractivity contribution is 7.98. The summed E-state index contributed by atoms with van der Waals surface area (Å²) in [6.45, 7) is 2.92. The van der Waals surface area contributed by atoms with Crippen molar-refractivity contribution in [3.63, 3.8) is 0 Å². The zero-order chi connectivity index (χ0) is 12.1. The zero-order valence-electron chi connectivity index (χ0n) is 10.4. The molecule has 0 aliphatic carbocycles. The lowest BCUT2D eigenvalue weighted by molar-refractivity contribution is 0.159. The molecule has 2 unspecified atom stereocenters. The number of benzene rings is 1. The van der Waals surface area contributed by atoms with Crippen LogP contribution in [0, 0.1) is 0 Å². The molecule has 0 amide bonds. The number of hydrogen-bond acceptors (Lipinski definition) is 3. The van der Waals surface area contributed by atoms with Crippen LogP contribution in [0.3, 0.4) is 0 Å². The Bertz CT molecular complexity index is 356. The van der Waals surface area contributed by atoms with Gasteiger partial charge in [-0.1, -0.05) is 31.2 Å². The van der Waals surface area contributed by atoms with Crippen LogP contribution in [0.25, 0.3) is 0 Å². The predicted molar refractivity (Wildman–Crippen MR) is 74.3 cm³/mol. The number of thioether (sulfide) groups is 1. The summed E-state index contributed by atoms with van der Waals surface area (Å²) in [7, 11) is 0. The molecule has 0 aromatic heterocycles. The van der Waals surface area contributed by atoms with Gasteiger partial charge in [-0.05, 0) is 30.5 Å². The van der Waals surface area contributed by atoms with Gasteiger partial charge in [-0.25, -0.2) is 0 Å². The Morgan fingerprint density at radius 2 is 2.29 bits per heavy atom. The van der Waals surface area contributed by atoms with Crippen molar-refractivity contribution in [1.82, 2.24) is 5.32 Å². The van der Waals surface area contributed by atoms with E-state index in [1.807, 2.05) is 18.7 Å². The normalized spacial score (nSPS) is 20.9. The molecule has 2 nitrogen and oxygen atoms in total. The Morgan fingerprint density at radius 3 is 3.12 bits per heavy atom. The van der Waals surface area contributed by atoms with Crippen molar-refractivity contribution in [1.29, 1.82) is 0 Å². The van der Waals surface area contributed by atoms with E-state index in [4.69, 9.17) is 0 Å². The minimum Gasteiger partial charge on any atom is -0.393 e. The molecule has 1 aliphatic rings. The van der Waals surface area contributed by atoms with Crippen LogP contribution in [0.15, 0.2) is 24.3 Å². The third-order valence-corrected chi connectivity index (χ3v) is 4.40. The lowest BCUT2D eigenvalue weighted by Crippen LogP contribution is -2.29. The van der Waals surface area contributed by atoms with E-state index >= 15 is 0 Å². The van der Waals surface area contributed by atoms with Gasteiger partial charge in [0.25, 0.3) is 0 Å². The molecule has 0 saturated carbocycles. The maximum absolute atomic E-state index is 9.54. The SMILES string of the molecule is CCC(O)CCNC1CSCc2ccccc21. The number of rotatable bonds is 5. The van der Waals surface area contributed by atoms with E-state index in [2.05, 4.69) is 29.6 Å². The van der Waals surface area contributed by atoms with Crippen LogP contribution >= 0.6 is 11.8 Å². The van der Waals surface area contributed by atoms with E-state index in [9.17, 15) is 5.11 Å². The van der Waals surface area contributed by atoms with Crippen LogP contribution < -0.4 is 5.32 Å². The van der Waals surface area contributed by atoms with Crippen LogP contribution in [-0.2, 0) is 5.75 Å². The van der Waals surface area contributed by atoms with Gasteiger partial charge in [-0.3, -0.25) is 0 Å². The maximum Gasteiger partial charge on any atom is 0.0549 e. The molecular weight excluding hydrogens is 230 g/mol. The number of nitrogens with one attached hydrogen (secondary N) is 1. The van der Waals surface area contributed by atoms with Crippen LogP contribution in [0.5, 0.6) is 0 Å². The van der Waals surface area contributed by atoms with Crippen LogP contribution in [0.1, 0.15) is 36.9 Å². The average molecular weight is 251 g/mol. The maximum atomic E-state index is 9.54. The van der Waals surface area contributed by atoms with Crippen molar-refractivity contribution < 1.29 is 5.11 Å². The van der Waals surface area contributed by atoms with Crippen molar-refractivity contribution in [2.75, 3.05) is 12.3 Å². The van der Waals surface area contributed by atoms with Crippen molar-refractivity contribution in [2.45, 2.75) is 37.7 Å². The third-order valence-electron chi connectivity index (χ3n) is 3.31. The second-order valence-electron chi connectivity index (χ2n) is 4.57. The largest absolute Gasteiger partial charge is 0.393 e. The van der Waals surface area contributed by atoms with Gasteiger partial charge >= 0.3 is 0 Å². The molecule has 2 rings (SSSR count). The highest BCUT2D eigenvalue weighted by Gasteiger charge is 2.19. The molecule has 0 bridgehead atoms. The summed E-state index contributed by atoms with van der Waals surface area (Å²) in [4.78, 5) is 0. The number of hydrogen-bond donors (Lipinski definition) is 2. The fraction of sp³-hybridized carbons (Fsp3) is 0.571. The summed E-state index contributed by atoms with van der Waals surface area (Å²) < 4.78 is 0. The third kappa shape index (κ3) is 3.47. The first-order chi connectivity index (χ1) is 8.31. The molecule has 3 heteroatoms. The Hall–Kier alpha value is -0.510. The first-order valence-electron chi connectivity index (χ1n) is 6.38. The Morgan fingerprint density at radius 1 is 1.47 bits per heavy atom. The van der Waals surface area contributed by atoms with E-state index in [0.29, 0.717) is 6.04 Å². The van der Waals surface area contributed by atoms with Crippen LogP contribution in [-0.4, -0.2) is 23.5 Å². The second kappa shape index (κ2) is 6.43. The van der Waals surface area contributed by atoms with Crippen LogP contribution in [0.2, 0.25) is 0 Å².